The summed E-state index contributed by atoms with van der Waals surface area (Å²) in [4.78, 5) is 0. The zero-order valence-corrected chi connectivity index (χ0v) is 12.0. The van der Waals surface area contributed by atoms with Crippen molar-refractivity contribution in [3.05, 3.63) is 23.8 Å². The minimum atomic E-state index is -0.544. The molecule has 0 saturated carbocycles. The van der Waals surface area contributed by atoms with Gasteiger partial charge in [0, 0.05) is 0 Å². The first-order valence-corrected chi connectivity index (χ1v) is 6.57. The van der Waals surface area contributed by atoms with Crippen molar-refractivity contribution in [3.8, 4) is 11.5 Å². The molecule has 1 aliphatic rings. The number of fused-ring (bicyclic) bond motifs is 1. The summed E-state index contributed by atoms with van der Waals surface area (Å²) in [5, 5.41) is 3.48. The molecule has 0 aromatic heterocycles. The number of ether oxygens (including phenoxy) is 2. The minimum Gasteiger partial charge on any atom is -0.467 e. The minimum absolute atomic E-state index is 0.0952. The summed E-state index contributed by atoms with van der Waals surface area (Å²) in [6, 6.07) is 6.20. The Balaban J connectivity index is 2.14. The van der Waals surface area contributed by atoms with Gasteiger partial charge in [-0.1, -0.05) is 19.9 Å². The second-order valence-corrected chi connectivity index (χ2v) is 5.98. The molecule has 0 bridgehead atoms. The molecule has 0 aliphatic carbocycles. The fraction of sp³-hybridized carbons (Fsp3) is 0.500. The van der Waals surface area contributed by atoms with Crippen molar-refractivity contribution in [2.45, 2.75) is 31.3 Å². The molecular formula is C12H20B3NO2. The monoisotopic (exact) mass is 243 g/mol. The second kappa shape index (κ2) is 4.58. The lowest BCUT2D eigenvalue weighted by molar-refractivity contribution is 0.0833. The molecule has 0 amide bonds. The van der Waals surface area contributed by atoms with E-state index in [4.69, 9.17) is 9.47 Å². The molecular weight excluding hydrogens is 223 g/mol. The molecule has 6 heteroatoms. The van der Waals surface area contributed by atoms with Crippen LogP contribution in [0.5, 0.6) is 11.5 Å². The third-order valence-electron chi connectivity index (χ3n) is 3.02. The van der Waals surface area contributed by atoms with Gasteiger partial charge in [0.1, 0.15) is 7.85 Å². The van der Waals surface area contributed by atoms with Gasteiger partial charge in [-0.15, -0.1) is 0 Å². The molecule has 1 N–H and O–H groups in total. The zero-order chi connectivity index (χ0) is 13.4. The van der Waals surface area contributed by atoms with Crippen molar-refractivity contribution in [2.24, 2.45) is 0 Å². The van der Waals surface area contributed by atoms with Gasteiger partial charge >= 0.3 is 0 Å². The Hall–Kier alpha value is -1.03. The molecule has 94 valence electrons. The Bertz CT molecular complexity index is 449. The van der Waals surface area contributed by atoms with Crippen LogP contribution in [-0.4, -0.2) is 41.1 Å². The van der Waals surface area contributed by atoms with Crippen LogP contribution >= 0.6 is 0 Å². The molecule has 1 aromatic carbocycles. The molecule has 0 spiro atoms. The second-order valence-electron chi connectivity index (χ2n) is 5.98. The molecule has 0 radical (unpaired) electrons. The molecule has 3 nitrogen and oxygen atoms in total. The molecule has 1 aromatic rings. The first kappa shape index (κ1) is 13.4. The van der Waals surface area contributed by atoms with E-state index in [0.29, 0.717) is 0 Å². The maximum Gasteiger partial charge on any atom is 0.197 e. The number of nitrogens with one attached hydrogen (secondary N) is 1. The first-order valence-electron chi connectivity index (χ1n) is 6.57. The highest BCUT2D eigenvalue weighted by Crippen LogP contribution is 2.38. The summed E-state index contributed by atoms with van der Waals surface area (Å²) in [6.07, 6.45) is 0.970. The lowest BCUT2D eigenvalue weighted by Gasteiger charge is -2.26. The normalized spacial score (nSPS) is 19.4. The maximum atomic E-state index is 5.77. The van der Waals surface area contributed by atoms with Crippen molar-refractivity contribution in [2.75, 3.05) is 6.54 Å². The number of likely N-dealkylation sites (N-methyl/N-ethyl adjacent to an activating group) is 1. The van der Waals surface area contributed by atoms with Gasteiger partial charge in [0.25, 0.3) is 0 Å². The summed E-state index contributed by atoms with van der Waals surface area (Å²) in [5.41, 5.74) is 0.817. The predicted octanol–water partition coefficient (Wildman–Crippen LogP) is -1.16. The van der Waals surface area contributed by atoms with Crippen LogP contribution in [0.4, 0.5) is 0 Å². The third kappa shape index (κ3) is 3.05. The fourth-order valence-electron chi connectivity index (χ4n) is 2.43. The van der Waals surface area contributed by atoms with E-state index >= 15 is 0 Å². The van der Waals surface area contributed by atoms with Crippen LogP contribution in [-0.2, 0) is 6.42 Å². The van der Waals surface area contributed by atoms with Gasteiger partial charge in [-0.2, -0.15) is 0 Å². The van der Waals surface area contributed by atoms with Crippen molar-refractivity contribution < 1.29 is 9.47 Å². The van der Waals surface area contributed by atoms with E-state index in [1.807, 2.05) is 21.8 Å². The molecule has 2 rings (SSSR count). The summed E-state index contributed by atoms with van der Waals surface area (Å²) < 4.78 is 11.5. The average Bonchev–Trinajstić information content (AvgIpc) is 2.50. The van der Waals surface area contributed by atoms with Gasteiger partial charge in [0.2, 0.25) is 0 Å². The van der Waals surface area contributed by atoms with Gasteiger partial charge in [-0.05, 0) is 36.1 Å². The van der Waals surface area contributed by atoms with Crippen LogP contribution in [0.2, 0.25) is 0 Å². The Morgan fingerprint density at radius 3 is 2.61 bits per heavy atom. The number of rotatable bonds is 4. The van der Waals surface area contributed by atoms with Crippen molar-refractivity contribution in [1.29, 1.82) is 0 Å². The summed E-state index contributed by atoms with van der Waals surface area (Å²) in [7, 11) is 6.06. The highest BCUT2D eigenvalue weighted by Gasteiger charge is 2.31. The average molecular weight is 243 g/mol. The van der Waals surface area contributed by atoms with E-state index < -0.39 is 5.59 Å². The number of hydrogen-bond donors (Lipinski definition) is 1. The largest absolute Gasteiger partial charge is 0.467 e. The SMILES string of the molecule is BC(C)(Cc1ccc2c(c1)OC(B)(B)O2)NCC. The number of benzene rings is 1. The van der Waals surface area contributed by atoms with Crippen LogP contribution in [0.15, 0.2) is 18.2 Å². The van der Waals surface area contributed by atoms with Gasteiger partial charge < -0.3 is 14.8 Å². The quantitative estimate of drug-likeness (QED) is 0.676. The predicted molar refractivity (Wildman–Crippen MR) is 81.8 cm³/mol. The highest BCUT2D eigenvalue weighted by molar-refractivity contribution is 6.38. The Kier molecular flexibility index (Phi) is 3.41. The van der Waals surface area contributed by atoms with E-state index in [1.54, 1.807) is 0 Å². The van der Waals surface area contributed by atoms with E-state index in [-0.39, 0.29) is 5.44 Å². The summed E-state index contributed by atoms with van der Waals surface area (Å²) in [5.74, 6) is 1.69. The Morgan fingerprint density at radius 1 is 1.28 bits per heavy atom. The lowest BCUT2D eigenvalue weighted by atomic mass is 9.75. The highest BCUT2D eigenvalue weighted by atomic mass is 16.7. The molecule has 0 fully saturated rings. The molecule has 1 aliphatic heterocycles. The van der Waals surface area contributed by atoms with Gasteiger partial charge in [-0.3, -0.25) is 0 Å². The summed E-state index contributed by atoms with van der Waals surface area (Å²) >= 11 is 0. The van der Waals surface area contributed by atoms with Crippen LogP contribution < -0.4 is 14.8 Å². The van der Waals surface area contributed by atoms with E-state index in [0.717, 1.165) is 24.5 Å². The van der Waals surface area contributed by atoms with Crippen LogP contribution in [0.1, 0.15) is 19.4 Å². The van der Waals surface area contributed by atoms with Gasteiger partial charge in [0.15, 0.2) is 32.8 Å². The van der Waals surface area contributed by atoms with Gasteiger partial charge in [-0.25, -0.2) is 0 Å². The maximum absolute atomic E-state index is 5.77. The van der Waals surface area contributed by atoms with Crippen molar-refractivity contribution in [3.63, 3.8) is 0 Å². The molecule has 18 heavy (non-hydrogen) atoms. The molecule has 1 heterocycles. The van der Waals surface area contributed by atoms with Crippen molar-refractivity contribution in [1.82, 2.24) is 5.32 Å². The van der Waals surface area contributed by atoms with E-state index in [2.05, 4.69) is 39.1 Å². The van der Waals surface area contributed by atoms with Crippen LogP contribution in [0.25, 0.3) is 0 Å². The standard InChI is InChI=1S/C12H20B3NO2/c1-3-16-11(2,13)7-8-4-5-9-10(6-8)18-12(14,15)17-9/h4-6,16H,3,7,13-15H2,1-2H3. The number of hydrogen-bond acceptors (Lipinski definition) is 3. The van der Waals surface area contributed by atoms with Crippen LogP contribution in [0.3, 0.4) is 0 Å². The lowest BCUT2D eigenvalue weighted by Crippen LogP contribution is -2.44. The Labute approximate surface area is 112 Å². The molecule has 1 unspecified atom stereocenters. The fourth-order valence-corrected chi connectivity index (χ4v) is 2.43. The third-order valence-corrected chi connectivity index (χ3v) is 3.02. The summed E-state index contributed by atoms with van der Waals surface area (Å²) in [6.45, 7) is 5.32. The first-order chi connectivity index (χ1) is 8.31. The van der Waals surface area contributed by atoms with Crippen LogP contribution in [0, 0.1) is 0 Å². The zero-order valence-electron chi connectivity index (χ0n) is 12.0. The molecule has 0 saturated heterocycles. The Morgan fingerprint density at radius 2 is 1.94 bits per heavy atom. The topological polar surface area (TPSA) is 30.5 Å². The van der Waals surface area contributed by atoms with Crippen molar-refractivity contribution >= 4 is 23.5 Å². The van der Waals surface area contributed by atoms with Gasteiger partial charge in [0.05, 0.1) is 0 Å². The molecule has 1 atom stereocenters. The smallest absolute Gasteiger partial charge is 0.197 e. The van der Waals surface area contributed by atoms with E-state index in [1.165, 1.54) is 5.56 Å². The van der Waals surface area contributed by atoms with E-state index in [9.17, 15) is 0 Å².